The van der Waals surface area contributed by atoms with Gasteiger partial charge in [-0.15, -0.1) is 0 Å². The van der Waals surface area contributed by atoms with Crippen molar-refractivity contribution in [1.82, 2.24) is 9.88 Å². The summed E-state index contributed by atoms with van der Waals surface area (Å²) in [5.41, 5.74) is 13.3. The van der Waals surface area contributed by atoms with Crippen LogP contribution in [0.5, 0.6) is 0 Å². The molecule has 3 rings (SSSR count). The number of nitrogens with one attached hydrogen (secondary N) is 1. The van der Waals surface area contributed by atoms with Gasteiger partial charge in [0.25, 0.3) is 0 Å². The Balaban J connectivity index is 2.13. The third-order valence-electron chi connectivity index (χ3n) is 4.70. The number of aromatic nitrogens is 1. The van der Waals surface area contributed by atoms with Gasteiger partial charge in [0, 0.05) is 42.3 Å². The van der Waals surface area contributed by atoms with E-state index in [1.54, 1.807) is 0 Å². The fraction of sp³-hybridized carbons (Fsp3) is 0.556. The second kappa shape index (κ2) is 5.82. The Labute approximate surface area is 127 Å². The van der Waals surface area contributed by atoms with Crippen LogP contribution in [0.25, 0.3) is 10.9 Å². The van der Waals surface area contributed by atoms with Gasteiger partial charge in [-0.2, -0.15) is 0 Å². The van der Waals surface area contributed by atoms with Gasteiger partial charge in [0.05, 0.1) is 0 Å². The Morgan fingerprint density at radius 3 is 2.67 bits per heavy atom. The van der Waals surface area contributed by atoms with Crippen LogP contribution in [0.15, 0.2) is 12.1 Å². The predicted octanol–water partition coefficient (Wildman–Crippen LogP) is 3.24. The summed E-state index contributed by atoms with van der Waals surface area (Å²) in [7, 11) is 0. The molecule has 1 aromatic carbocycles. The SMILES string of the molecule is CCCn1c(C)c(CCC(C)N)c2cc3c(cc21)CNC3. The van der Waals surface area contributed by atoms with Gasteiger partial charge >= 0.3 is 0 Å². The van der Waals surface area contributed by atoms with Crippen LogP contribution in [-0.2, 0) is 26.1 Å². The average Bonchev–Trinajstić information content (AvgIpc) is 2.99. The highest BCUT2D eigenvalue weighted by atomic mass is 15.0. The first kappa shape index (κ1) is 14.6. The van der Waals surface area contributed by atoms with Gasteiger partial charge < -0.3 is 15.6 Å². The van der Waals surface area contributed by atoms with Gasteiger partial charge in [-0.05, 0) is 61.9 Å². The molecule has 0 radical (unpaired) electrons. The van der Waals surface area contributed by atoms with Crippen LogP contribution in [0.4, 0.5) is 0 Å². The molecule has 1 unspecified atom stereocenters. The maximum Gasteiger partial charge on any atom is 0.0488 e. The molecule has 3 heteroatoms. The molecule has 2 aromatic rings. The fourth-order valence-electron chi connectivity index (χ4n) is 3.54. The molecule has 0 spiro atoms. The smallest absolute Gasteiger partial charge is 0.0488 e. The number of aryl methyl sites for hydroxylation is 2. The van der Waals surface area contributed by atoms with Crippen LogP contribution in [-0.4, -0.2) is 10.6 Å². The van der Waals surface area contributed by atoms with Crippen LogP contribution >= 0.6 is 0 Å². The Morgan fingerprint density at radius 1 is 1.29 bits per heavy atom. The molecule has 0 aliphatic carbocycles. The van der Waals surface area contributed by atoms with Crippen molar-refractivity contribution >= 4 is 10.9 Å². The van der Waals surface area contributed by atoms with E-state index in [9.17, 15) is 0 Å². The largest absolute Gasteiger partial charge is 0.345 e. The lowest BCUT2D eigenvalue weighted by Gasteiger charge is -2.08. The zero-order valence-electron chi connectivity index (χ0n) is 13.5. The molecule has 1 aliphatic heterocycles. The van der Waals surface area contributed by atoms with Crippen molar-refractivity contribution in [3.05, 3.63) is 34.5 Å². The number of nitrogens with two attached hydrogens (primary N) is 1. The van der Waals surface area contributed by atoms with Gasteiger partial charge in [0.1, 0.15) is 0 Å². The number of benzene rings is 1. The highest BCUT2D eigenvalue weighted by Gasteiger charge is 2.18. The van der Waals surface area contributed by atoms with E-state index in [0.29, 0.717) is 0 Å². The Bertz CT molecular complexity index is 652. The molecule has 1 aromatic heterocycles. The summed E-state index contributed by atoms with van der Waals surface area (Å²) in [5.74, 6) is 0. The summed E-state index contributed by atoms with van der Waals surface area (Å²) in [6.45, 7) is 9.75. The molecule has 114 valence electrons. The summed E-state index contributed by atoms with van der Waals surface area (Å²) >= 11 is 0. The van der Waals surface area contributed by atoms with Crippen molar-refractivity contribution in [2.75, 3.05) is 0 Å². The van der Waals surface area contributed by atoms with Crippen molar-refractivity contribution in [3.63, 3.8) is 0 Å². The third-order valence-corrected chi connectivity index (χ3v) is 4.70. The Kier molecular flexibility index (Phi) is 4.05. The van der Waals surface area contributed by atoms with Crippen LogP contribution in [0.2, 0.25) is 0 Å². The minimum Gasteiger partial charge on any atom is -0.345 e. The standard InChI is InChI=1S/C18H27N3/c1-4-7-21-13(3)16(6-5-12(2)19)17-8-14-10-20-11-15(14)9-18(17)21/h8-9,12,20H,4-7,10-11,19H2,1-3H3. The third kappa shape index (κ3) is 2.60. The summed E-state index contributed by atoms with van der Waals surface area (Å²) < 4.78 is 2.50. The Hall–Kier alpha value is -1.32. The van der Waals surface area contributed by atoms with Gasteiger partial charge in [-0.25, -0.2) is 0 Å². The van der Waals surface area contributed by atoms with Crippen LogP contribution in [0, 0.1) is 6.92 Å². The van der Waals surface area contributed by atoms with E-state index in [2.05, 4.69) is 42.8 Å². The monoisotopic (exact) mass is 285 g/mol. The molecule has 0 saturated carbocycles. The first-order chi connectivity index (χ1) is 10.1. The molecule has 1 atom stereocenters. The normalized spacial score (nSPS) is 15.6. The lowest BCUT2D eigenvalue weighted by atomic mass is 10.0. The summed E-state index contributed by atoms with van der Waals surface area (Å²) in [6, 6.07) is 5.09. The van der Waals surface area contributed by atoms with Gasteiger partial charge in [-0.3, -0.25) is 0 Å². The summed E-state index contributed by atoms with van der Waals surface area (Å²) in [4.78, 5) is 0. The zero-order chi connectivity index (χ0) is 15.0. The lowest BCUT2D eigenvalue weighted by molar-refractivity contribution is 0.652. The van der Waals surface area contributed by atoms with E-state index in [0.717, 1.165) is 32.5 Å². The van der Waals surface area contributed by atoms with E-state index in [4.69, 9.17) is 5.73 Å². The fourth-order valence-corrected chi connectivity index (χ4v) is 3.54. The molecule has 3 N–H and O–H groups in total. The zero-order valence-corrected chi connectivity index (χ0v) is 13.5. The van der Waals surface area contributed by atoms with Gasteiger partial charge in [-0.1, -0.05) is 6.92 Å². The molecule has 0 fully saturated rings. The van der Waals surface area contributed by atoms with E-state index < -0.39 is 0 Å². The molecule has 0 bridgehead atoms. The predicted molar refractivity (Wildman–Crippen MR) is 89.5 cm³/mol. The van der Waals surface area contributed by atoms with E-state index in [-0.39, 0.29) is 6.04 Å². The topological polar surface area (TPSA) is 43.0 Å². The first-order valence-electron chi connectivity index (χ1n) is 8.21. The van der Waals surface area contributed by atoms with Crippen LogP contribution in [0.1, 0.15) is 49.1 Å². The molecule has 0 saturated heterocycles. The van der Waals surface area contributed by atoms with Gasteiger partial charge in [0.2, 0.25) is 0 Å². The maximum atomic E-state index is 5.97. The molecule has 2 heterocycles. The van der Waals surface area contributed by atoms with Crippen molar-refractivity contribution < 1.29 is 0 Å². The van der Waals surface area contributed by atoms with Crippen molar-refractivity contribution in [1.29, 1.82) is 0 Å². The van der Waals surface area contributed by atoms with Gasteiger partial charge in [0.15, 0.2) is 0 Å². The van der Waals surface area contributed by atoms with E-state index >= 15 is 0 Å². The second-order valence-corrected chi connectivity index (χ2v) is 6.47. The van der Waals surface area contributed by atoms with Crippen LogP contribution < -0.4 is 11.1 Å². The number of nitrogens with zero attached hydrogens (tertiary/aromatic N) is 1. The maximum absolute atomic E-state index is 5.97. The van der Waals surface area contributed by atoms with E-state index in [1.807, 2.05) is 0 Å². The minimum atomic E-state index is 0.269. The van der Waals surface area contributed by atoms with E-state index in [1.165, 1.54) is 39.7 Å². The molecular formula is C18H27N3. The van der Waals surface area contributed by atoms with Crippen molar-refractivity contribution in [2.24, 2.45) is 5.73 Å². The van der Waals surface area contributed by atoms with Crippen LogP contribution in [0.3, 0.4) is 0 Å². The summed E-state index contributed by atoms with van der Waals surface area (Å²) in [6.07, 6.45) is 3.32. The van der Waals surface area contributed by atoms with Crippen molar-refractivity contribution in [3.8, 4) is 0 Å². The minimum absolute atomic E-state index is 0.269. The highest BCUT2D eigenvalue weighted by Crippen LogP contribution is 2.31. The lowest BCUT2D eigenvalue weighted by Crippen LogP contribution is -2.15. The number of hydrogen-bond donors (Lipinski definition) is 2. The molecular weight excluding hydrogens is 258 g/mol. The molecule has 21 heavy (non-hydrogen) atoms. The number of rotatable bonds is 5. The van der Waals surface area contributed by atoms with Crippen molar-refractivity contribution in [2.45, 2.75) is 65.7 Å². The molecule has 1 aliphatic rings. The first-order valence-corrected chi connectivity index (χ1v) is 8.21. The molecule has 0 amide bonds. The molecule has 3 nitrogen and oxygen atoms in total. The average molecular weight is 285 g/mol. The quantitative estimate of drug-likeness (QED) is 0.885. The highest BCUT2D eigenvalue weighted by molar-refractivity contribution is 5.87. The number of hydrogen-bond acceptors (Lipinski definition) is 2. The second-order valence-electron chi connectivity index (χ2n) is 6.47. The number of fused-ring (bicyclic) bond motifs is 2. The Morgan fingerprint density at radius 2 is 2.00 bits per heavy atom. The summed E-state index contributed by atoms with van der Waals surface area (Å²) in [5, 5.41) is 4.91.